The SMILES string of the molecule is COc1ccc(NC(=O)C(Cl)(Cl)Cl)cc1C(F)(F)F. The molecule has 0 saturated heterocycles. The molecule has 9 heteroatoms. The molecule has 0 atom stereocenters. The summed E-state index contributed by atoms with van der Waals surface area (Å²) in [6, 6.07) is 2.94. The first kappa shape index (κ1) is 16.2. The zero-order chi connectivity index (χ0) is 14.8. The molecule has 1 aromatic rings. The van der Waals surface area contributed by atoms with Gasteiger partial charge in [-0.15, -0.1) is 0 Å². The molecule has 19 heavy (non-hydrogen) atoms. The molecule has 0 heterocycles. The molecule has 1 amide bonds. The summed E-state index contributed by atoms with van der Waals surface area (Å²) in [5.41, 5.74) is -1.21. The van der Waals surface area contributed by atoms with Crippen LogP contribution in [-0.2, 0) is 11.0 Å². The zero-order valence-corrected chi connectivity index (χ0v) is 11.6. The summed E-state index contributed by atoms with van der Waals surface area (Å²) in [5, 5.41) is 2.06. The van der Waals surface area contributed by atoms with Gasteiger partial charge < -0.3 is 10.1 Å². The Morgan fingerprint density at radius 3 is 2.26 bits per heavy atom. The molecule has 1 rings (SSSR count). The summed E-state index contributed by atoms with van der Waals surface area (Å²) in [6.45, 7) is 0. The number of hydrogen-bond donors (Lipinski definition) is 1. The van der Waals surface area contributed by atoms with Gasteiger partial charge in [0.25, 0.3) is 9.70 Å². The number of alkyl halides is 6. The monoisotopic (exact) mass is 335 g/mol. The van der Waals surface area contributed by atoms with Crippen molar-refractivity contribution in [3.63, 3.8) is 0 Å². The fourth-order valence-corrected chi connectivity index (χ4v) is 1.35. The number of benzene rings is 1. The Bertz CT molecular complexity index is 486. The number of hydrogen-bond acceptors (Lipinski definition) is 2. The first-order valence-electron chi connectivity index (χ1n) is 4.69. The maximum absolute atomic E-state index is 12.7. The first-order chi connectivity index (χ1) is 8.55. The summed E-state index contributed by atoms with van der Waals surface area (Å²) >= 11 is 15.9. The van der Waals surface area contributed by atoms with Crippen LogP contribution in [0.25, 0.3) is 0 Å². The van der Waals surface area contributed by atoms with Gasteiger partial charge in [0.05, 0.1) is 12.7 Å². The van der Waals surface area contributed by atoms with Gasteiger partial charge in [-0.1, -0.05) is 34.8 Å². The molecule has 1 aromatic carbocycles. The van der Waals surface area contributed by atoms with Crippen molar-refractivity contribution in [1.82, 2.24) is 0 Å². The highest BCUT2D eigenvalue weighted by Crippen LogP contribution is 2.38. The van der Waals surface area contributed by atoms with Gasteiger partial charge in [0, 0.05) is 5.69 Å². The van der Waals surface area contributed by atoms with E-state index in [2.05, 4.69) is 10.1 Å². The summed E-state index contributed by atoms with van der Waals surface area (Å²) in [6.07, 6.45) is -4.63. The highest BCUT2D eigenvalue weighted by Gasteiger charge is 2.35. The van der Waals surface area contributed by atoms with Crippen molar-refractivity contribution in [2.45, 2.75) is 9.97 Å². The second-order valence-electron chi connectivity index (χ2n) is 3.36. The van der Waals surface area contributed by atoms with Gasteiger partial charge in [-0.05, 0) is 18.2 Å². The van der Waals surface area contributed by atoms with E-state index in [4.69, 9.17) is 34.8 Å². The number of methoxy groups -OCH3 is 1. The predicted molar refractivity (Wildman–Crippen MR) is 66.9 cm³/mol. The Kier molecular flexibility index (Phi) is 4.81. The third-order valence-electron chi connectivity index (χ3n) is 2.02. The molecule has 0 saturated carbocycles. The highest BCUT2D eigenvalue weighted by molar-refractivity contribution is 6.76. The Morgan fingerprint density at radius 2 is 1.84 bits per heavy atom. The number of ether oxygens (including phenoxy) is 1. The molecule has 0 aliphatic carbocycles. The summed E-state index contributed by atoms with van der Waals surface area (Å²) in [4.78, 5) is 11.3. The Morgan fingerprint density at radius 1 is 1.26 bits per heavy atom. The van der Waals surface area contributed by atoms with Crippen molar-refractivity contribution < 1.29 is 22.7 Å². The van der Waals surface area contributed by atoms with Crippen LogP contribution >= 0.6 is 34.8 Å². The third kappa shape index (κ3) is 4.33. The minimum Gasteiger partial charge on any atom is -0.496 e. The van der Waals surface area contributed by atoms with Crippen LogP contribution in [0.5, 0.6) is 5.75 Å². The van der Waals surface area contributed by atoms with Crippen LogP contribution in [0.3, 0.4) is 0 Å². The zero-order valence-electron chi connectivity index (χ0n) is 9.32. The maximum atomic E-state index is 12.7. The quantitative estimate of drug-likeness (QED) is 0.828. The largest absolute Gasteiger partial charge is 0.496 e. The Labute approximate surface area is 121 Å². The molecule has 0 aliphatic heterocycles. The molecule has 0 radical (unpaired) electrons. The average Bonchev–Trinajstić information content (AvgIpc) is 2.26. The lowest BCUT2D eigenvalue weighted by molar-refractivity contribution is -0.138. The van der Waals surface area contributed by atoms with Crippen molar-refractivity contribution >= 4 is 46.4 Å². The van der Waals surface area contributed by atoms with Crippen molar-refractivity contribution in [2.24, 2.45) is 0 Å². The van der Waals surface area contributed by atoms with Crippen molar-refractivity contribution in [2.75, 3.05) is 12.4 Å². The first-order valence-corrected chi connectivity index (χ1v) is 5.82. The normalized spacial score (nSPS) is 12.2. The van der Waals surface area contributed by atoms with Crippen LogP contribution in [0.1, 0.15) is 5.56 Å². The highest BCUT2D eigenvalue weighted by atomic mass is 35.6. The van der Waals surface area contributed by atoms with E-state index in [1.165, 1.54) is 6.07 Å². The second kappa shape index (κ2) is 5.64. The van der Waals surface area contributed by atoms with Crippen LogP contribution in [0.4, 0.5) is 18.9 Å². The van der Waals surface area contributed by atoms with Crippen LogP contribution in [0, 0.1) is 0 Å². The van der Waals surface area contributed by atoms with E-state index in [-0.39, 0.29) is 11.4 Å². The number of amides is 1. The molecular formula is C10H7Cl3F3NO2. The van der Waals surface area contributed by atoms with Gasteiger partial charge in [-0.2, -0.15) is 13.2 Å². The lowest BCUT2D eigenvalue weighted by Gasteiger charge is -2.15. The van der Waals surface area contributed by atoms with Crippen LogP contribution in [-0.4, -0.2) is 16.8 Å². The van der Waals surface area contributed by atoms with E-state index in [0.29, 0.717) is 6.07 Å². The van der Waals surface area contributed by atoms with E-state index in [1.54, 1.807) is 0 Å². The molecule has 1 N–H and O–H groups in total. The minimum atomic E-state index is -4.63. The Balaban J connectivity index is 3.10. The molecule has 0 aliphatic rings. The molecule has 0 aromatic heterocycles. The minimum absolute atomic E-state index is 0.163. The lowest BCUT2D eigenvalue weighted by Crippen LogP contribution is -2.27. The smallest absolute Gasteiger partial charge is 0.420 e. The fourth-order valence-electron chi connectivity index (χ4n) is 1.21. The standard InChI is InChI=1S/C10H7Cl3F3NO2/c1-19-7-3-2-5(4-6(7)10(14,15)16)17-8(18)9(11,12)13/h2-4H,1H3,(H,17,18). The van der Waals surface area contributed by atoms with E-state index < -0.39 is 21.4 Å². The topological polar surface area (TPSA) is 38.3 Å². The summed E-state index contributed by atoms with van der Waals surface area (Å²) < 4.78 is 40.5. The lowest BCUT2D eigenvalue weighted by atomic mass is 10.1. The predicted octanol–water partition coefficient (Wildman–Crippen LogP) is 4.02. The number of halogens is 6. The van der Waals surface area contributed by atoms with E-state index in [0.717, 1.165) is 13.2 Å². The molecular weight excluding hydrogens is 329 g/mol. The van der Waals surface area contributed by atoms with E-state index in [1.807, 2.05) is 0 Å². The van der Waals surface area contributed by atoms with Gasteiger partial charge in [-0.3, -0.25) is 4.79 Å². The number of rotatable bonds is 2. The number of nitrogens with one attached hydrogen (secondary N) is 1. The van der Waals surface area contributed by atoms with Crippen LogP contribution in [0.2, 0.25) is 0 Å². The van der Waals surface area contributed by atoms with Crippen molar-refractivity contribution in [3.8, 4) is 5.75 Å². The summed E-state index contributed by atoms with van der Waals surface area (Å²) in [7, 11) is 1.10. The van der Waals surface area contributed by atoms with Crippen molar-refractivity contribution in [1.29, 1.82) is 0 Å². The Hall–Kier alpha value is -0.850. The fraction of sp³-hybridized carbons (Fsp3) is 0.300. The van der Waals surface area contributed by atoms with E-state index in [9.17, 15) is 18.0 Å². The molecule has 0 fully saturated rings. The average molecular weight is 337 g/mol. The number of carbonyl (C=O) groups excluding carboxylic acids is 1. The number of anilines is 1. The van der Waals surface area contributed by atoms with Gasteiger partial charge in [0.15, 0.2) is 0 Å². The van der Waals surface area contributed by atoms with Crippen LogP contribution in [0.15, 0.2) is 18.2 Å². The van der Waals surface area contributed by atoms with Gasteiger partial charge >= 0.3 is 6.18 Å². The molecule has 3 nitrogen and oxygen atoms in total. The second-order valence-corrected chi connectivity index (χ2v) is 5.65. The molecule has 0 bridgehead atoms. The third-order valence-corrected chi connectivity index (χ3v) is 2.54. The van der Waals surface area contributed by atoms with Gasteiger partial charge in [0.1, 0.15) is 5.75 Å². The summed E-state index contributed by atoms with van der Waals surface area (Å²) in [5.74, 6) is -1.44. The number of carbonyl (C=O) groups is 1. The molecule has 106 valence electrons. The maximum Gasteiger partial charge on any atom is 0.420 e. The van der Waals surface area contributed by atoms with Gasteiger partial charge in [-0.25, -0.2) is 0 Å². The van der Waals surface area contributed by atoms with E-state index >= 15 is 0 Å². The van der Waals surface area contributed by atoms with Crippen molar-refractivity contribution in [3.05, 3.63) is 23.8 Å². The van der Waals surface area contributed by atoms with Gasteiger partial charge in [0.2, 0.25) is 0 Å². The molecule has 0 spiro atoms. The molecule has 0 unspecified atom stereocenters. The van der Waals surface area contributed by atoms with Crippen LogP contribution < -0.4 is 10.1 Å².